The first-order valence-electron chi connectivity index (χ1n) is 8.44. The number of hydrogen-bond acceptors (Lipinski definition) is 4. The van der Waals surface area contributed by atoms with Crippen LogP contribution in [0.3, 0.4) is 0 Å². The van der Waals surface area contributed by atoms with E-state index in [1.165, 1.54) is 11.8 Å². The van der Waals surface area contributed by atoms with Crippen LogP contribution in [0.1, 0.15) is 11.1 Å². The molecule has 4 aromatic rings. The summed E-state index contributed by atoms with van der Waals surface area (Å²) in [5.74, 6) is 2.02. The monoisotopic (exact) mass is 369 g/mol. The molecule has 27 heavy (non-hydrogen) atoms. The lowest BCUT2D eigenvalue weighted by atomic mass is 10.1. The first kappa shape index (κ1) is 17.1. The van der Waals surface area contributed by atoms with Crippen LogP contribution in [0.15, 0.2) is 99.5 Å². The lowest BCUT2D eigenvalue weighted by Crippen LogP contribution is -1.83. The molecule has 1 aromatic heterocycles. The van der Waals surface area contributed by atoms with Crippen molar-refractivity contribution in [2.45, 2.75) is 10.1 Å². The van der Waals surface area contributed by atoms with Gasteiger partial charge in [0.15, 0.2) is 5.58 Å². The second-order valence-electron chi connectivity index (χ2n) is 5.83. The maximum Gasteiger partial charge on any atom is 0.261 e. The molecule has 0 radical (unpaired) electrons. The van der Waals surface area contributed by atoms with Crippen LogP contribution < -0.4 is 0 Å². The lowest BCUT2D eigenvalue weighted by Gasteiger charge is -2.01. The Kier molecular flexibility index (Phi) is 5.01. The molecule has 0 bridgehead atoms. The van der Waals surface area contributed by atoms with E-state index in [4.69, 9.17) is 4.42 Å². The van der Waals surface area contributed by atoms with E-state index < -0.39 is 0 Å². The number of para-hydroxylation sites is 2. The molecule has 0 aliphatic rings. The molecule has 4 rings (SSSR count). The van der Waals surface area contributed by atoms with E-state index in [9.17, 15) is 4.79 Å². The van der Waals surface area contributed by atoms with Gasteiger partial charge in [0.1, 0.15) is 11.5 Å². The SMILES string of the molecule is O=C=C(/C=C/c1ccccc1)c1ccc(Sc2nc3ccccc3o2)cc1. The minimum Gasteiger partial charge on any atom is -0.431 e. The molecule has 0 atom stereocenters. The van der Waals surface area contributed by atoms with Crippen LogP contribution in [-0.2, 0) is 4.79 Å². The van der Waals surface area contributed by atoms with Crippen LogP contribution >= 0.6 is 11.8 Å². The molecule has 3 aromatic carbocycles. The lowest BCUT2D eigenvalue weighted by molar-refractivity contribution is 0.489. The smallest absolute Gasteiger partial charge is 0.261 e. The molecular weight excluding hydrogens is 354 g/mol. The third-order valence-electron chi connectivity index (χ3n) is 4.00. The molecule has 0 saturated heterocycles. The standard InChI is InChI=1S/C23H15NO2S/c25-16-19(11-10-17-6-2-1-3-7-17)18-12-14-20(15-13-18)27-23-24-21-8-4-5-9-22(21)26-23/h1-15H/b11-10+. The van der Waals surface area contributed by atoms with Gasteiger partial charge in [0.25, 0.3) is 5.22 Å². The Morgan fingerprint density at radius 1 is 0.926 bits per heavy atom. The molecule has 0 unspecified atom stereocenters. The van der Waals surface area contributed by atoms with Crippen LogP contribution in [0.25, 0.3) is 22.7 Å². The number of nitrogens with zero attached hydrogens (tertiary/aromatic N) is 1. The quantitative estimate of drug-likeness (QED) is 0.324. The highest BCUT2D eigenvalue weighted by atomic mass is 32.2. The number of rotatable bonds is 5. The summed E-state index contributed by atoms with van der Waals surface area (Å²) < 4.78 is 5.73. The van der Waals surface area contributed by atoms with Crippen molar-refractivity contribution in [2.24, 2.45) is 0 Å². The Labute approximate surface area is 161 Å². The van der Waals surface area contributed by atoms with Gasteiger partial charge >= 0.3 is 0 Å². The largest absolute Gasteiger partial charge is 0.431 e. The maximum atomic E-state index is 11.4. The number of oxazole rings is 1. The zero-order chi connectivity index (χ0) is 18.5. The third kappa shape index (κ3) is 4.09. The van der Waals surface area contributed by atoms with Crippen molar-refractivity contribution in [2.75, 3.05) is 0 Å². The van der Waals surface area contributed by atoms with Crippen LogP contribution in [0.5, 0.6) is 0 Å². The Morgan fingerprint density at radius 2 is 1.67 bits per heavy atom. The van der Waals surface area contributed by atoms with Gasteiger partial charge in [-0.1, -0.05) is 60.7 Å². The minimum absolute atomic E-state index is 0.511. The van der Waals surface area contributed by atoms with Crippen LogP contribution in [-0.4, -0.2) is 10.9 Å². The zero-order valence-corrected chi connectivity index (χ0v) is 15.1. The van der Waals surface area contributed by atoms with Crippen molar-refractivity contribution in [1.29, 1.82) is 0 Å². The Bertz CT molecular complexity index is 1100. The summed E-state index contributed by atoms with van der Waals surface area (Å²) in [6.07, 6.45) is 3.69. The van der Waals surface area contributed by atoms with E-state index in [-0.39, 0.29) is 0 Å². The van der Waals surface area contributed by atoms with Crippen molar-refractivity contribution >= 4 is 40.5 Å². The van der Waals surface area contributed by atoms with Crippen molar-refractivity contribution in [3.8, 4) is 0 Å². The summed E-state index contributed by atoms with van der Waals surface area (Å²) in [4.78, 5) is 16.8. The molecule has 0 saturated carbocycles. The second-order valence-corrected chi connectivity index (χ2v) is 6.86. The van der Waals surface area contributed by atoms with Gasteiger partial charge in [-0.05, 0) is 53.2 Å². The van der Waals surface area contributed by atoms with Gasteiger partial charge in [0.05, 0.1) is 5.57 Å². The first-order chi connectivity index (χ1) is 13.3. The molecule has 0 spiro atoms. The fourth-order valence-electron chi connectivity index (χ4n) is 2.63. The number of benzene rings is 3. The Balaban J connectivity index is 1.50. The minimum atomic E-state index is 0.511. The number of aromatic nitrogens is 1. The van der Waals surface area contributed by atoms with Gasteiger partial charge in [-0.3, -0.25) is 0 Å². The van der Waals surface area contributed by atoms with Crippen molar-refractivity contribution in [3.63, 3.8) is 0 Å². The van der Waals surface area contributed by atoms with E-state index >= 15 is 0 Å². The maximum absolute atomic E-state index is 11.4. The van der Waals surface area contributed by atoms with E-state index in [0.29, 0.717) is 10.8 Å². The highest BCUT2D eigenvalue weighted by Gasteiger charge is 2.07. The van der Waals surface area contributed by atoms with Crippen LogP contribution in [0.4, 0.5) is 0 Å². The van der Waals surface area contributed by atoms with Gasteiger partial charge in [-0.15, -0.1) is 0 Å². The second kappa shape index (κ2) is 7.92. The van der Waals surface area contributed by atoms with Crippen molar-refractivity contribution in [1.82, 2.24) is 4.98 Å². The number of allylic oxidation sites excluding steroid dienone is 2. The summed E-state index contributed by atoms with van der Waals surface area (Å²) >= 11 is 1.45. The molecule has 130 valence electrons. The van der Waals surface area contributed by atoms with E-state index in [0.717, 1.165) is 27.1 Å². The zero-order valence-electron chi connectivity index (χ0n) is 14.3. The molecular formula is C23H15NO2S. The molecule has 0 amide bonds. The first-order valence-corrected chi connectivity index (χ1v) is 9.25. The molecule has 3 nitrogen and oxygen atoms in total. The van der Waals surface area contributed by atoms with Crippen LogP contribution in [0, 0.1) is 0 Å². The summed E-state index contributed by atoms with van der Waals surface area (Å²) in [6, 6.07) is 25.2. The van der Waals surface area contributed by atoms with E-state index in [2.05, 4.69) is 4.98 Å². The summed E-state index contributed by atoms with van der Waals surface area (Å²) in [5, 5.41) is 0.596. The van der Waals surface area contributed by atoms with Crippen molar-refractivity contribution in [3.05, 3.63) is 96.1 Å². The van der Waals surface area contributed by atoms with Gasteiger partial charge in [-0.2, -0.15) is 0 Å². The number of carbonyl (C=O) groups excluding carboxylic acids is 1. The Hall–Kier alpha value is -3.33. The van der Waals surface area contributed by atoms with Gasteiger partial charge < -0.3 is 4.42 Å². The third-order valence-corrected chi connectivity index (χ3v) is 4.85. The average Bonchev–Trinajstić information content (AvgIpc) is 3.13. The predicted molar refractivity (Wildman–Crippen MR) is 109 cm³/mol. The molecule has 0 fully saturated rings. The van der Waals surface area contributed by atoms with E-state index in [1.807, 2.05) is 90.9 Å². The number of fused-ring (bicyclic) bond motifs is 1. The van der Waals surface area contributed by atoms with Gasteiger partial charge in [0, 0.05) is 4.90 Å². The van der Waals surface area contributed by atoms with Gasteiger partial charge in [-0.25, -0.2) is 9.78 Å². The molecule has 0 aliphatic heterocycles. The highest BCUT2D eigenvalue weighted by Crippen LogP contribution is 2.30. The van der Waals surface area contributed by atoms with Crippen molar-refractivity contribution < 1.29 is 9.21 Å². The fraction of sp³-hybridized carbons (Fsp3) is 0. The molecule has 1 heterocycles. The van der Waals surface area contributed by atoms with Gasteiger partial charge in [0.2, 0.25) is 0 Å². The fourth-order valence-corrected chi connectivity index (χ4v) is 3.38. The normalized spacial score (nSPS) is 11.0. The van der Waals surface area contributed by atoms with E-state index in [1.54, 1.807) is 6.08 Å². The summed E-state index contributed by atoms with van der Waals surface area (Å²) in [6.45, 7) is 0. The molecule has 0 N–H and O–H groups in total. The van der Waals surface area contributed by atoms with Crippen LogP contribution in [0.2, 0.25) is 0 Å². The summed E-state index contributed by atoms with van der Waals surface area (Å²) in [7, 11) is 0. The molecule has 4 heteroatoms. The topological polar surface area (TPSA) is 43.1 Å². The number of hydrogen-bond donors (Lipinski definition) is 0. The highest BCUT2D eigenvalue weighted by molar-refractivity contribution is 7.99. The average molecular weight is 369 g/mol. The predicted octanol–water partition coefficient (Wildman–Crippen LogP) is 5.91. The molecule has 0 aliphatic carbocycles. The summed E-state index contributed by atoms with van der Waals surface area (Å²) in [5.41, 5.74) is 3.98. The Morgan fingerprint density at radius 3 is 2.41 bits per heavy atom.